The minimum atomic E-state index is -3.91. The van der Waals surface area contributed by atoms with E-state index in [1.165, 1.54) is 32.2 Å². The van der Waals surface area contributed by atoms with Gasteiger partial charge in [0, 0.05) is 11.7 Å². The standard InChI is InChI=1S/C22H28N2O6S/c1-13(2)24-31(27,28)20-12-17(8-10-19(20)29-6)22(26)30-16(5)21(25)23-18-9-7-14(3)11-15(18)4/h7-13,16,24H,1-6H3,(H,23,25). The van der Waals surface area contributed by atoms with Crippen molar-refractivity contribution in [1.29, 1.82) is 0 Å². The van der Waals surface area contributed by atoms with Crippen LogP contribution < -0.4 is 14.8 Å². The molecule has 0 saturated heterocycles. The van der Waals surface area contributed by atoms with Crippen molar-refractivity contribution in [2.45, 2.75) is 51.7 Å². The van der Waals surface area contributed by atoms with Crippen LogP contribution in [0.1, 0.15) is 42.3 Å². The second-order valence-electron chi connectivity index (χ2n) is 7.50. The van der Waals surface area contributed by atoms with E-state index in [4.69, 9.17) is 9.47 Å². The first-order chi connectivity index (χ1) is 14.4. The van der Waals surface area contributed by atoms with Gasteiger partial charge >= 0.3 is 5.97 Å². The number of rotatable bonds is 8. The van der Waals surface area contributed by atoms with Crippen LogP contribution >= 0.6 is 0 Å². The first-order valence-electron chi connectivity index (χ1n) is 9.74. The molecule has 0 aliphatic heterocycles. The van der Waals surface area contributed by atoms with E-state index in [9.17, 15) is 18.0 Å². The van der Waals surface area contributed by atoms with Crippen molar-refractivity contribution in [2.24, 2.45) is 0 Å². The maximum atomic E-state index is 12.6. The highest BCUT2D eigenvalue weighted by atomic mass is 32.2. The molecule has 0 radical (unpaired) electrons. The van der Waals surface area contributed by atoms with E-state index in [1.54, 1.807) is 19.9 Å². The summed E-state index contributed by atoms with van der Waals surface area (Å²) in [6.07, 6.45) is -1.09. The lowest BCUT2D eigenvalue weighted by Crippen LogP contribution is -2.31. The number of nitrogens with one attached hydrogen (secondary N) is 2. The molecule has 1 unspecified atom stereocenters. The van der Waals surface area contributed by atoms with E-state index in [2.05, 4.69) is 10.0 Å². The van der Waals surface area contributed by atoms with E-state index in [0.29, 0.717) is 5.69 Å². The number of aryl methyl sites for hydroxylation is 2. The van der Waals surface area contributed by atoms with Gasteiger partial charge in [-0.2, -0.15) is 0 Å². The SMILES string of the molecule is COc1ccc(C(=O)OC(C)C(=O)Nc2ccc(C)cc2C)cc1S(=O)(=O)NC(C)C. The highest BCUT2D eigenvalue weighted by molar-refractivity contribution is 7.89. The topological polar surface area (TPSA) is 111 Å². The average Bonchev–Trinajstić information content (AvgIpc) is 2.68. The van der Waals surface area contributed by atoms with Crippen molar-refractivity contribution < 1.29 is 27.5 Å². The molecule has 0 fully saturated rings. The van der Waals surface area contributed by atoms with Gasteiger partial charge in [-0.3, -0.25) is 4.79 Å². The fourth-order valence-corrected chi connectivity index (χ4v) is 4.30. The number of methoxy groups -OCH3 is 1. The van der Waals surface area contributed by atoms with Gasteiger partial charge in [0.25, 0.3) is 5.91 Å². The number of anilines is 1. The summed E-state index contributed by atoms with van der Waals surface area (Å²) in [5, 5.41) is 2.73. The third-order valence-corrected chi connectivity index (χ3v) is 6.05. The van der Waals surface area contributed by atoms with Gasteiger partial charge in [-0.05, 0) is 64.4 Å². The quantitative estimate of drug-likeness (QED) is 0.600. The summed E-state index contributed by atoms with van der Waals surface area (Å²) in [6.45, 7) is 8.61. The Bertz CT molecular complexity index is 1080. The van der Waals surface area contributed by atoms with Crippen molar-refractivity contribution in [3.8, 4) is 5.75 Å². The van der Waals surface area contributed by atoms with Crippen molar-refractivity contribution in [2.75, 3.05) is 12.4 Å². The zero-order chi connectivity index (χ0) is 23.3. The lowest BCUT2D eigenvalue weighted by molar-refractivity contribution is -0.123. The highest BCUT2D eigenvalue weighted by Crippen LogP contribution is 2.26. The molecule has 2 N–H and O–H groups in total. The van der Waals surface area contributed by atoms with Crippen molar-refractivity contribution in [3.05, 3.63) is 53.1 Å². The number of esters is 1. The summed E-state index contributed by atoms with van der Waals surface area (Å²) in [5.74, 6) is -1.24. The van der Waals surface area contributed by atoms with E-state index in [0.717, 1.165) is 11.1 Å². The molecule has 2 rings (SSSR count). The predicted octanol–water partition coefficient (Wildman–Crippen LogP) is 3.18. The molecule has 9 heteroatoms. The molecular weight excluding hydrogens is 420 g/mol. The first kappa shape index (κ1) is 24.4. The van der Waals surface area contributed by atoms with Crippen molar-refractivity contribution in [3.63, 3.8) is 0 Å². The molecule has 168 valence electrons. The first-order valence-corrected chi connectivity index (χ1v) is 11.2. The molecule has 0 saturated carbocycles. The molecule has 0 heterocycles. The zero-order valence-corrected chi connectivity index (χ0v) is 19.3. The normalized spacial score (nSPS) is 12.4. The van der Waals surface area contributed by atoms with Crippen molar-refractivity contribution >= 4 is 27.6 Å². The lowest BCUT2D eigenvalue weighted by atomic mass is 10.1. The molecular formula is C22H28N2O6S. The number of carbonyl (C=O) groups excluding carboxylic acids is 2. The summed E-state index contributed by atoms with van der Waals surface area (Å²) in [6, 6.07) is 9.14. The van der Waals surface area contributed by atoms with Crippen LogP contribution in [-0.4, -0.2) is 39.5 Å². The third-order valence-electron chi connectivity index (χ3n) is 4.37. The minimum absolute atomic E-state index is 0.0175. The Morgan fingerprint density at radius 3 is 2.26 bits per heavy atom. The lowest BCUT2D eigenvalue weighted by Gasteiger charge is -2.16. The zero-order valence-electron chi connectivity index (χ0n) is 18.5. The van der Waals surface area contributed by atoms with Gasteiger partial charge in [0.05, 0.1) is 12.7 Å². The Morgan fingerprint density at radius 2 is 1.68 bits per heavy atom. The molecule has 31 heavy (non-hydrogen) atoms. The molecule has 0 aromatic heterocycles. The number of ether oxygens (including phenoxy) is 2. The molecule has 0 bridgehead atoms. The van der Waals surface area contributed by atoms with Crippen LogP contribution in [0.15, 0.2) is 41.3 Å². The smallest absolute Gasteiger partial charge is 0.338 e. The van der Waals surface area contributed by atoms with Gasteiger partial charge in [0.1, 0.15) is 10.6 Å². The van der Waals surface area contributed by atoms with E-state index in [1.807, 2.05) is 26.0 Å². The summed E-state index contributed by atoms with van der Waals surface area (Å²) in [4.78, 5) is 24.8. The van der Waals surface area contributed by atoms with Crippen LogP contribution in [-0.2, 0) is 19.6 Å². The maximum absolute atomic E-state index is 12.6. The molecule has 1 atom stereocenters. The van der Waals surface area contributed by atoms with Crippen LogP contribution in [0.25, 0.3) is 0 Å². The van der Waals surface area contributed by atoms with Gasteiger partial charge in [-0.1, -0.05) is 17.7 Å². The average molecular weight is 449 g/mol. The van der Waals surface area contributed by atoms with Crippen LogP contribution in [0.4, 0.5) is 5.69 Å². The fourth-order valence-electron chi connectivity index (χ4n) is 2.86. The summed E-state index contributed by atoms with van der Waals surface area (Å²) in [7, 11) is -2.58. The fraction of sp³-hybridized carbons (Fsp3) is 0.364. The Labute approximate surface area is 183 Å². The summed E-state index contributed by atoms with van der Waals surface area (Å²) in [5.41, 5.74) is 2.55. The third kappa shape index (κ3) is 6.28. The monoisotopic (exact) mass is 448 g/mol. The van der Waals surface area contributed by atoms with Gasteiger partial charge in [-0.25, -0.2) is 17.9 Å². The van der Waals surface area contributed by atoms with Crippen LogP contribution in [0, 0.1) is 13.8 Å². The number of hydrogen-bond donors (Lipinski definition) is 2. The Kier molecular flexibility index (Phi) is 7.80. The van der Waals surface area contributed by atoms with Gasteiger partial charge in [0.15, 0.2) is 6.10 Å². The number of sulfonamides is 1. The highest BCUT2D eigenvalue weighted by Gasteiger charge is 2.25. The Hall–Kier alpha value is -2.91. The molecule has 2 aromatic carbocycles. The molecule has 0 aliphatic rings. The van der Waals surface area contributed by atoms with Gasteiger partial charge < -0.3 is 14.8 Å². The molecule has 2 aromatic rings. The van der Waals surface area contributed by atoms with Gasteiger partial charge in [0.2, 0.25) is 10.0 Å². The Morgan fingerprint density at radius 1 is 1.00 bits per heavy atom. The largest absolute Gasteiger partial charge is 0.495 e. The number of benzene rings is 2. The predicted molar refractivity (Wildman–Crippen MR) is 118 cm³/mol. The van der Waals surface area contributed by atoms with Crippen LogP contribution in [0.3, 0.4) is 0 Å². The van der Waals surface area contributed by atoms with E-state index >= 15 is 0 Å². The van der Waals surface area contributed by atoms with E-state index in [-0.39, 0.29) is 22.3 Å². The Balaban J connectivity index is 2.19. The summed E-state index contributed by atoms with van der Waals surface area (Å²) < 4.78 is 38.0. The minimum Gasteiger partial charge on any atom is -0.495 e. The second-order valence-corrected chi connectivity index (χ2v) is 9.18. The molecule has 1 amide bonds. The van der Waals surface area contributed by atoms with Gasteiger partial charge in [-0.15, -0.1) is 0 Å². The van der Waals surface area contributed by atoms with Crippen LogP contribution in [0.2, 0.25) is 0 Å². The maximum Gasteiger partial charge on any atom is 0.338 e. The van der Waals surface area contributed by atoms with Crippen molar-refractivity contribution in [1.82, 2.24) is 4.72 Å². The summed E-state index contributed by atoms with van der Waals surface area (Å²) >= 11 is 0. The van der Waals surface area contributed by atoms with E-state index < -0.39 is 28.0 Å². The molecule has 0 spiro atoms. The molecule has 8 nitrogen and oxygen atoms in total. The number of amides is 1. The second kappa shape index (κ2) is 9.93. The number of hydrogen-bond acceptors (Lipinski definition) is 6. The van der Waals surface area contributed by atoms with Crippen LogP contribution in [0.5, 0.6) is 5.75 Å². The molecule has 0 aliphatic carbocycles. The number of carbonyl (C=O) groups is 2.